The molecule has 4 nitrogen and oxygen atoms in total. The minimum atomic E-state index is -4.55. The first-order chi connectivity index (χ1) is 9.82. The fourth-order valence-electron chi connectivity index (χ4n) is 1.96. The van der Waals surface area contributed by atoms with E-state index >= 15 is 0 Å². The standard InChI is InChI=1S/C14H17F3N2O2/c1-19(10-3-4-10)13(20)8-21-12-5-2-9(7-18)6-11(12)14(15,16)17/h2,5-6,10H,3-4,7-8,18H2,1H3. The highest BCUT2D eigenvalue weighted by Crippen LogP contribution is 2.37. The number of alkyl halides is 3. The lowest BCUT2D eigenvalue weighted by Crippen LogP contribution is -2.33. The van der Waals surface area contributed by atoms with Gasteiger partial charge in [0.15, 0.2) is 6.61 Å². The van der Waals surface area contributed by atoms with Crippen molar-refractivity contribution in [1.82, 2.24) is 4.90 Å². The van der Waals surface area contributed by atoms with Gasteiger partial charge in [-0.1, -0.05) is 6.07 Å². The van der Waals surface area contributed by atoms with E-state index in [-0.39, 0.29) is 24.2 Å². The fourth-order valence-corrected chi connectivity index (χ4v) is 1.96. The molecule has 0 bridgehead atoms. The number of halogens is 3. The second-order valence-corrected chi connectivity index (χ2v) is 5.06. The van der Waals surface area contributed by atoms with Crippen LogP contribution in [0.1, 0.15) is 24.0 Å². The van der Waals surface area contributed by atoms with E-state index in [9.17, 15) is 18.0 Å². The van der Waals surface area contributed by atoms with Crippen molar-refractivity contribution in [1.29, 1.82) is 0 Å². The van der Waals surface area contributed by atoms with Crippen LogP contribution in [0, 0.1) is 0 Å². The van der Waals surface area contributed by atoms with Gasteiger partial charge in [-0.05, 0) is 30.5 Å². The molecule has 1 amide bonds. The molecule has 0 spiro atoms. The zero-order valence-electron chi connectivity index (χ0n) is 11.6. The van der Waals surface area contributed by atoms with Crippen LogP contribution < -0.4 is 10.5 Å². The molecule has 1 aromatic rings. The van der Waals surface area contributed by atoms with Crippen molar-refractivity contribution < 1.29 is 22.7 Å². The molecule has 0 radical (unpaired) electrons. The molecule has 1 fully saturated rings. The average Bonchev–Trinajstić information content (AvgIpc) is 3.27. The zero-order chi connectivity index (χ0) is 15.6. The SMILES string of the molecule is CN(C(=O)COc1ccc(CN)cc1C(F)(F)F)C1CC1. The molecule has 0 atom stereocenters. The van der Waals surface area contributed by atoms with Gasteiger partial charge in [-0.2, -0.15) is 13.2 Å². The molecule has 21 heavy (non-hydrogen) atoms. The van der Waals surface area contributed by atoms with Gasteiger partial charge in [0.1, 0.15) is 5.75 Å². The number of nitrogens with two attached hydrogens (primary N) is 1. The van der Waals surface area contributed by atoms with Gasteiger partial charge in [-0.15, -0.1) is 0 Å². The molecule has 1 aliphatic rings. The molecule has 1 aromatic carbocycles. The first-order valence-corrected chi connectivity index (χ1v) is 6.61. The van der Waals surface area contributed by atoms with Gasteiger partial charge in [0.25, 0.3) is 5.91 Å². The molecule has 1 aliphatic carbocycles. The van der Waals surface area contributed by atoms with E-state index in [0.29, 0.717) is 5.56 Å². The Morgan fingerprint density at radius 1 is 1.43 bits per heavy atom. The maximum absolute atomic E-state index is 13.0. The largest absolute Gasteiger partial charge is 0.483 e. The predicted molar refractivity (Wildman–Crippen MR) is 70.6 cm³/mol. The van der Waals surface area contributed by atoms with Crippen molar-refractivity contribution in [2.24, 2.45) is 5.73 Å². The van der Waals surface area contributed by atoms with Crippen molar-refractivity contribution in [3.05, 3.63) is 29.3 Å². The summed E-state index contributed by atoms with van der Waals surface area (Å²) in [6, 6.07) is 3.81. The van der Waals surface area contributed by atoms with Gasteiger partial charge in [0.2, 0.25) is 0 Å². The van der Waals surface area contributed by atoms with E-state index in [1.54, 1.807) is 7.05 Å². The van der Waals surface area contributed by atoms with Crippen molar-refractivity contribution in [2.75, 3.05) is 13.7 Å². The van der Waals surface area contributed by atoms with Crippen LogP contribution in [0.2, 0.25) is 0 Å². The summed E-state index contributed by atoms with van der Waals surface area (Å²) in [4.78, 5) is 13.3. The topological polar surface area (TPSA) is 55.6 Å². The average molecular weight is 302 g/mol. The number of hydrogen-bond donors (Lipinski definition) is 1. The molecular weight excluding hydrogens is 285 g/mol. The van der Waals surface area contributed by atoms with Crippen LogP contribution in [-0.4, -0.2) is 30.5 Å². The van der Waals surface area contributed by atoms with Crippen LogP contribution in [0.15, 0.2) is 18.2 Å². The van der Waals surface area contributed by atoms with Gasteiger partial charge in [0, 0.05) is 19.6 Å². The molecule has 2 rings (SSSR count). The van der Waals surface area contributed by atoms with Gasteiger partial charge in [-0.3, -0.25) is 4.79 Å². The number of ether oxygens (including phenoxy) is 1. The minimum Gasteiger partial charge on any atom is -0.483 e. The van der Waals surface area contributed by atoms with E-state index < -0.39 is 18.3 Å². The Morgan fingerprint density at radius 2 is 2.10 bits per heavy atom. The monoisotopic (exact) mass is 302 g/mol. The number of benzene rings is 1. The van der Waals surface area contributed by atoms with Crippen LogP contribution in [0.25, 0.3) is 0 Å². The Kier molecular flexibility index (Phi) is 4.41. The Morgan fingerprint density at radius 3 is 2.62 bits per heavy atom. The number of hydrogen-bond acceptors (Lipinski definition) is 3. The van der Waals surface area contributed by atoms with Crippen molar-refractivity contribution in [3.63, 3.8) is 0 Å². The van der Waals surface area contributed by atoms with Gasteiger partial charge >= 0.3 is 6.18 Å². The number of carbonyl (C=O) groups excluding carboxylic acids is 1. The highest BCUT2D eigenvalue weighted by molar-refractivity contribution is 5.78. The third kappa shape index (κ3) is 3.87. The third-order valence-electron chi connectivity index (χ3n) is 3.42. The lowest BCUT2D eigenvalue weighted by molar-refractivity contribution is -0.140. The predicted octanol–water partition coefficient (Wildman–Crippen LogP) is 2.16. The molecule has 0 heterocycles. The fraction of sp³-hybridized carbons (Fsp3) is 0.500. The summed E-state index contributed by atoms with van der Waals surface area (Å²) in [6.07, 6.45) is -2.69. The highest BCUT2D eigenvalue weighted by atomic mass is 19.4. The van der Waals surface area contributed by atoms with Gasteiger partial charge < -0.3 is 15.4 Å². The normalized spacial score (nSPS) is 14.9. The summed E-state index contributed by atoms with van der Waals surface area (Å²) in [5.74, 6) is -0.675. The molecule has 0 saturated heterocycles. The van der Waals surface area contributed by atoms with Crippen LogP contribution >= 0.6 is 0 Å². The molecule has 1 saturated carbocycles. The smallest absolute Gasteiger partial charge is 0.419 e. The number of amides is 1. The van der Waals surface area contributed by atoms with Crippen LogP contribution in [0.4, 0.5) is 13.2 Å². The summed E-state index contributed by atoms with van der Waals surface area (Å²) >= 11 is 0. The Bertz CT molecular complexity index is 527. The van der Waals surface area contributed by atoms with Crippen molar-refractivity contribution in [3.8, 4) is 5.75 Å². The molecule has 0 aliphatic heterocycles. The van der Waals surface area contributed by atoms with E-state index in [0.717, 1.165) is 18.9 Å². The Balaban J connectivity index is 2.10. The second-order valence-electron chi connectivity index (χ2n) is 5.06. The summed E-state index contributed by atoms with van der Waals surface area (Å²) < 4.78 is 44.0. The Labute approximate surface area is 120 Å². The van der Waals surface area contributed by atoms with Gasteiger partial charge in [0.05, 0.1) is 5.56 Å². The summed E-state index contributed by atoms with van der Waals surface area (Å²) in [7, 11) is 1.63. The molecule has 0 aromatic heterocycles. The van der Waals surface area contributed by atoms with E-state index in [4.69, 9.17) is 10.5 Å². The maximum Gasteiger partial charge on any atom is 0.419 e. The minimum absolute atomic E-state index is 0.00666. The molecule has 2 N–H and O–H groups in total. The van der Waals surface area contributed by atoms with Crippen molar-refractivity contribution >= 4 is 5.91 Å². The maximum atomic E-state index is 13.0. The second kappa shape index (κ2) is 5.93. The molecular formula is C14H17F3N2O2. The summed E-state index contributed by atoms with van der Waals surface area (Å²) in [6.45, 7) is -0.398. The lowest BCUT2D eigenvalue weighted by atomic mass is 10.1. The number of carbonyl (C=O) groups is 1. The number of rotatable bonds is 5. The zero-order valence-corrected chi connectivity index (χ0v) is 11.6. The van der Waals surface area contributed by atoms with E-state index in [1.807, 2.05) is 0 Å². The molecule has 7 heteroatoms. The highest BCUT2D eigenvalue weighted by Gasteiger charge is 2.35. The molecule has 116 valence electrons. The summed E-state index contributed by atoms with van der Waals surface area (Å²) in [5.41, 5.74) is 4.79. The van der Waals surface area contributed by atoms with Crippen molar-refractivity contribution in [2.45, 2.75) is 31.6 Å². The van der Waals surface area contributed by atoms with Crippen LogP contribution in [-0.2, 0) is 17.5 Å². The van der Waals surface area contributed by atoms with Crippen LogP contribution in [0.3, 0.4) is 0 Å². The lowest BCUT2D eigenvalue weighted by Gasteiger charge is -2.18. The van der Waals surface area contributed by atoms with E-state index in [2.05, 4.69) is 0 Å². The first kappa shape index (κ1) is 15.6. The number of nitrogens with zero attached hydrogens (tertiary/aromatic N) is 1. The number of likely N-dealkylation sites (N-methyl/N-ethyl adjacent to an activating group) is 1. The van der Waals surface area contributed by atoms with E-state index in [1.165, 1.54) is 17.0 Å². The first-order valence-electron chi connectivity index (χ1n) is 6.61. The third-order valence-corrected chi connectivity index (χ3v) is 3.42. The Hall–Kier alpha value is -1.76. The van der Waals surface area contributed by atoms with Gasteiger partial charge in [-0.25, -0.2) is 0 Å². The molecule has 0 unspecified atom stereocenters. The van der Waals surface area contributed by atoms with Crippen LogP contribution in [0.5, 0.6) is 5.75 Å². The quantitative estimate of drug-likeness (QED) is 0.907. The summed E-state index contributed by atoms with van der Waals surface area (Å²) in [5, 5.41) is 0.